The van der Waals surface area contributed by atoms with Crippen molar-refractivity contribution in [3.05, 3.63) is 34.4 Å². The van der Waals surface area contributed by atoms with E-state index >= 15 is 0 Å². The lowest BCUT2D eigenvalue weighted by Crippen LogP contribution is -2.32. The van der Waals surface area contributed by atoms with E-state index in [-0.39, 0.29) is 30.5 Å². The maximum absolute atomic E-state index is 11.7. The lowest BCUT2D eigenvalue weighted by atomic mass is 10.3. The zero-order valence-corrected chi connectivity index (χ0v) is 11.8. The normalized spacial score (nSPS) is 9.84. The predicted molar refractivity (Wildman–Crippen MR) is 76.8 cm³/mol. The first-order valence-electron chi connectivity index (χ1n) is 5.83. The van der Waals surface area contributed by atoms with Crippen LogP contribution in [0.3, 0.4) is 0 Å². The van der Waals surface area contributed by atoms with Gasteiger partial charge in [0.25, 0.3) is 5.69 Å². The van der Waals surface area contributed by atoms with Gasteiger partial charge in [0, 0.05) is 17.8 Å². The van der Waals surface area contributed by atoms with E-state index in [1.165, 1.54) is 12.1 Å². The van der Waals surface area contributed by atoms with E-state index in [1.807, 2.05) is 18.7 Å². The third-order valence-electron chi connectivity index (χ3n) is 2.60. The number of nitrogens with zero attached hydrogens (tertiary/aromatic N) is 2. The van der Waals surface area contributed by atoms with Gasteiger partial charge in [0.15, 0.2) is 0 Å². The van der Waals surface area contributed by atoms with Crippen LogP contribution < -0.4 is 5.32 Å². The van der Waals surface area contributed by atoms with E-state index < -0.39 is 4.92 Å². The lowest BCUT2D eigenvalue weighted by Gasteiger charge is -2.17. The molecule has 6 nitrogen and oxygen atoms in total. The maximum atomic E-state index is 11.7. The first-order chi connectivity index (χ1) is 8.56. The van der Waals surface area contributed by atoms with Gasteiger partial charge in [0.2, 0.25) is 5.91 Å². The molecule has 0 aliphatic rings. The summed E-state index contributed by atoms with van der Waals surface area (Å²) in [5, 5.41) is 13.2. The van der Waals surface area contributed by atoms with Crippen LogP contribution in [-0.2, 0) is 4.79 Å². The molecule has 1 rings (SSSR count). The van der Waals surface area contributed by atoms with E-state index in [1.54, 1.807) is 12.1 Å². The quantitative estimate of drug-likeness (QED) is 0.643. The average Bonchev–Trinajstić information content (AvgIpc) is 2.36. The molecule has 0 saturated carbocycles. The number of non-ortho nitro benzene ring substituents is 1. The Morgan fingerprint density at radius 3 is 2.53 bits per heavy atom. The third kappa shape index (κ3) is 5.67. The standard InChI is InChI=1S/C12H17N3O3.ClH/c1-3-14(4-2)9-12(16)13-10-6-5-7-11(8-10)15(17)18;/h5-8H,3-4,9H2,1-2H3,(H,13,16);1H. The van der Waals surface area contributed by atoms with Crippen molar-refractivity contribution in [3.8, 4) is 0 Å². The number of carbonyl (C=O) groups excluding carboxylic acids is 1. The van der Waals surface area contributed by atoms with E-state index in [0.717, 1.165) is 13.1 Å². The second-order valence-corrected chi connectivity index (χ2v) is 3.82. The lowest BCUT2D eigenvalue weighted by molar-refractivity contribution is -0.384. The SMILES string of the molecule is CCN(CC)CC(=O)Nc1cccc([N+](=O)[O-])c1.Cl. The molecule has 0 radical (unpaired) electrons. The Hall–Kier alpha value is -1.66. The minimum Gasteiger partial charge on any atom is -0.325 e. The summed E-state index contributed by atoms with van der Waals surface area (Å²) in [5.74, 6) is -0.167. The zero-order chi connectivity index (χ0) is 13.5. The summed E-state index contributed by atoms with van der Waals surface area (Å²) in [5.41, 5.74) is 0.414. The molecule has 0 aliphatic carbocycles. The molecule has 0 spiro atoms. The number of rotatable bonds is 6. The molecule has 0 saturated heterocycles. The molecule has 19 heavy (non-hydrogen) atoms. The van der Waals surface area contributed by atoms with Crippen LogP contribution in [0.4, 0.5) is 11.4 Å². The van der Waals surface area contributed by atoms with Crippen molar-refractivity contribution in [3.63, 3.8) is 0 Å². The number of anilines is 1. The van der Waals surface area contributed by atoms with Crippen molar-refractivity contribution in [2.75, 3.05) is 25.0 Å². The van der Waals surface area contributed by atoms with Gasteiger partial charge >= 0.3 is 0 Å². The van der Waals surface area contributed by atoms with Gasteiger partial charge in [0.05, 0.1) is 11.5 Å². The summed E-state index contributed by atoms with van der Waals surface area (Å²) in [6, 6.07) is 5.92. The smallest absolute Gasteiger partial charge is 0.271 e. The number of nitrogens with one attached hydrogen (secondary N) is 1. The summed E-state index contributed by atoms with van der Waals surface area (Å²) < 4.78 is 0. The number of amides is 1. The number of nitro benzene ring substituents is 1. The number of hydrogen-bond donors (Lipinski definition) is 1. The minimum absolute atomic E-state index is 0. The largest absolute Gasteiger partial charge is 0.325 e. The summed E-state index contributed by atoms with van der Waals surface area (Å²) in [6.07, 6.45) is 0. The van der Waals surface area contributed by atoms with Gasteiger partial charge in [0.1, 0.15) is 0 Å². The van der Waals surface area contributed by atoms with Gasteiger partial charge in [-0.25, -0.2) is 0 Å². The van der Waals surface area contributed by atoms with Crippen LogP contribution >= 0.6 is 12.4 Å². The fourth-order valence-electron chi connectivity index (χ4n) is 1.55. The fraction of sp³-hybridized carbons (Fsp3) is 0.417. The molecular formula is C12H18ClN3O3. The molecule has 1 aromatic rings. The highest BCUT2D eigenvalue weighted by molar-refractivity contribution is 5.92. The van der Waals surface area contributed by atoms with Gasteiger partial charge in [-0.1, -0.05) is 19.9 Å². The van der Waals surface area contributed by atoms with Crippen molar-refractivity contribution in [1.29, 1.82) is 0 Å². The molecule has 0 atom stereocenters. The monoisotopic (exact) mass is 287 g/mol. The van der Waals surface area contributed by atoms with Gasteiger partial charge < -0.3 is 5.32 Å². The van der Waals surface area contributed by atoms with Gasteiger partial charge in [-0.15, -0.1) is 12.4 Å². The number of hydrogen-bond acceptors (Lipinski definition) is 4. The van der Waals surface area contributed by atoms with Crippen molar-refractivity contribution < 1.29 is 9.72 Å². The maximum Gasteiger partial charge on any atom is 0.271 e. The highest BCUT2D eigenvalue weighted by Crippen LogP contribution is 2.16. The van der Waals surface area contributed by atoms with Crippen LogP contribution in [0, 0.1) is 10.1 Å². The average molecular weight is 288 g/mol. The Morgan fingerprint density at radius 1 is 1.37 bits per heavy atom. The summed E-state index contributed by atoms with van der Waals surface area (Å²) in [4.78, 5) is 23.8. The van der Waals surface area contributed by atoms with E-state index in [4.69, 9.17) is 0 Å². The zero-order valence-electron chi connectivity index (χ0n) is 11.0. The van der Waals surface area contributed by atoms with Crippen molar-refractivity contribution in [2.24, 2.45) is 0 Å². The highest BCUT2D eigenvalue weighted by atomic mass is 35.5. The molecule has 106 valence electrons. The molecule has 1 aromatic carbocycles. The fourth-order valence-corrected chi connectivity index (χ4v) is 1.55. The molecule has 0 bridgehead atoms. The number of carbonyl (C=O) groups is 1. The van der Waals surface area contributed by atoms with Crippen LogP contribution in [0.1, 0.15) is 13.8 Å². The second kappa shape index (κ2) is 8.44. The third-order valence-corrected chi connectivity index (χ3v) is 2.60. The molecular weight excluding hydrogens is 270 g/mol. The molecule has 1 amide bonds. The van der Waals surface area contributed by atoms with Crippen LogP contribution in [0.5, 0.6) is 0 Å². The first kappa shape index (κ1) is 17.3. The Labute approximate surface area is 118 Å². The first-order valence-corrected chi connectivity index (χ1v) is 5.83. The van der Waals surface area contributed by atoms with Gasteiger partial charge in [-0.2, -0.15) is 0 Å². The summed E-state index contributed by atoms with van der Waals surface area (Å²) in [7, 11) is 0. The Kier molecular flexibility index (Phi) is 7.71. The number of halogens is 1. The Morgan fingerprint density at radius 2 is 2.00 bits per heavy atom. The summed E-state index contributed by atoms with van der Waals surface area (Å²) in [6.45, 7) is 5.82. The molecule has 0 fully saturated rings. The second-order valence-electron chi connectivity index (χ2n) is 3.82. The van der Waals surface area contributed by atoms with E-state index in [2.05, 4.69) is 5.32 Å². The topological polar surface area (TPSA) is 75.5 Å². The van der Waals surface area contributed by atoms with E-state index in [0.29, 0.717) is 5.69 Å². The summed E-state index contributed by atoms with van der Waals surface area (Å²) >= 11 is 0. The number of nitro groups is 1. The minimum atomic E-state index is -0.486. The van der Waals surface area contributed by atoms with Crippen LogP contribution in [0.15, 0.2) is 24.3 Å². The molecule has 0 aromatic heterocycles. The molecule has 0 unspecified atom stereocenters. The molecule has 0 aliphatic heterocycles. The van der Waals surface area contributed by atoms with E-state index in [9.17, 15) is 14.9 Å². The molecule has 7 heteroatoms. The Bertz CT molecular complexity index is 436. The van der Waals surface area contributed by atoms with Crippen LogP contribution in [0.2, 0.25) is 0 Å². The van der Waals surface area contributed by atoms with Gasteiger partial charge in [-0.3, -0.25) is 19.8 Å². The molecule has 0 heterocycles. The number of likely N-dealkylation sites (N-methyl/N-ethyl adjacent to an activating group) is 1. The van der Waals surface area contributed by atoms with Crippen LogP contribution in [-0.4, -0.2) is 35.4 Å². The van der Waals surface area contributed by atoms with Crippen molar-refractivity contribution >= 4 is 29.7 Å². The predicted octanol–water partition coefficient (Wildman–Crippen LogP) is 2.30. The number of benzene rings is 1. The van der Waals surface area contributed by atoms with Crippen molar-refractivity contribution in [1.82, 2.24) is 4.90 Å². The van der Waals surface area contributed by atoms with Crippen LogP contribution in [0.25, 0.3) is 0 Å². The highest BCUT2D eigenvalue weighted by Gasteiger charge is 2.10. The van der Waals surface area contributed by atoms with Crippen molar-refractivity contribution in [2.45, 2.75) is 13.8 Å². The Balaban J connectivity index is 0.00000324. The molecule has 1 N–H and O–H groups in total. The van der Waals surface area contributed by atoms with Gasteiger partial charge in [-0.05, 0) is 19.2 Å².